The molecule has 0 N–H and O–H groups in total. The van der Waals surface area contributed by atoms with Gasteiger partial charge in [0.25, 0.3) is 0 Å². The normalized spacial score (nSPS) is 10.2. The Bertz CT molecular complexity index is 789. The molecule has 20 heavy (non-hydrogen) atoms. The van der Waals surface area contributed by atoms with Crippen molar-refractivity contribution in [2.75, 3.05) is 0 Å². The molecule has 0 radical (unpaired) electrons. The lowest BCUT2D eigenvalue weighted by Gasteiger charge is -2.04. The average Bonchev–Trinajstić information content (AvgIpc) is 2.49. The van der Waals surface area contributed by atoms with Crippen LogP contribution in [0.4, 0.5) is 5.69 Å². The SMILES string of the molecule is O=C=Nc1ccc(Sc2ccc3ccccc3c2)cc1. The average molecular weight is 277 g/mol. The molecular formula is C17H11NOS. The van der Waals surface area contributed by atoms with E-state index in [2.05, 4.69) is 35.3 Å². The van der Waals surface area contributed by atoms with E-state index in [0.717, 1.165) is 4.90 Å². The molecule has 0 saturated carbocycles. The van der Waals surface area contributed by atoms with Crippen LogP contribution in [0.3, 0.4) is 0 Å². The first-order valence-corrected chi connectivity index (χ1v) is 7.01. The minimum atomic E-state index is 0.628. The molecule has 0 saturated heterocycles. The van der Waals surface area contributed by atoms with E-state index in [1.807, 2.05) is 36.4 Å². The number of carbonyl (C=O) groups excluding carboxylic acids is 1. The van der Waals surface area contributed by atoms with Crippen molar-refractivity contribution in [2.24, 2.45) is 4.99 Å². The van der Waals surface area contributed by atoms with Gasteiger partial charge in [-0.1, -0.05) is 42.1 Å². The van der Waals surface area contributed by atoms with Crippen molar-refractivity contribution in [2.45, 2.75) is 9.79 Å². The van der Waals surface area contributed by atoms with Crippen molar-refractivity contribution >= 4 is 34.3 Å². The van der Waals surface area contributed by atoms with E-state index >= 15 is 0 Å². The zero-order valence-electron chi connectivity index (χ0n) is 10.6. The highest BCUT2D eigenvalue weighted by molar-refractivity contribution is 7.99. The smallest absolute Gasteiger partial charge is 0.211 e. The Kier molecular flexibility index (Phi) is 3.64. The molecule has 0 aliphatic carbocycles. The Morgan fingerprint density at radius 2 is 1.50 bits per heavy atom. The summed E-state index contributed by atoms with van der Waals surface area (Å²) in [5, 5.41) is 2.48. The Labute approximate surface area is 121 Å². The number of hydrogen-bond donors (Lipinski definition) is 0. The topological polar surface area (TPSA) is 29.4 Å². The number of aliphatic imine (C=N–C) groups is 1. The first-order valence-electron chi connectivity index (χ1n) is 6.20. The third kappa shape index (κ3) is 2.80. The molecule has 0 unspecified atom stereocenters. The zero-order valence-corrected chi connectivity index (χ0v) is 11.4. The van der Waals surface area contributed by atoms with Crippen LogP contribution in [0.15, 0.2) is 81.5 Å². The summed E-state index contributed by atoms with van der Waals surface area (Å²) < 4.78 is 0. The summed E-state index contributed by atoms with van der Waals surface area (Å²) in [6, 6.07) is 22.3. The molecule has 3 rings (SSSR count). The predicted molar refractivity (Wildman–Crippen MR) is 82.3 cm³/mol. The Balaban J connectivity index is 1.86. The summed E-state index contributed by atoms with van der Waals surface area (Å²) in [5.74, 6) is 0. The second kappa shape index (κ2) is 5.74. The molecule has 0 spiro atoms. The number of hydrogen-bond acceptors (Lipinski definition) is 3. The molecular weight excluding hydrogens is 266 g/mol. The standard InChI is InChI=1S/C17H11NOS/c19-12-18-15-6-9-16(10-7-15)20-17-8-5-13-3-1-2-4-14(13)11-17/h1-11H. The van der Waals surface area contributed by atoms with Crippen LogP contribution in [-0.4, -0.2) is 6.08 Å². The second-order valence-electron chi connectivity index (χ2n) is 4.31. The molecule has 3 aromatic carbocycles. The summed E-state index contributed by atoms with van der Waals surface area (Å²) >= 11 is 1.69. The molecule has 3 heteroatoms. The van der Waals surface area contributed by atoms with E-state index < -0.39 is 0 Å². The number of benzene rings is 3. The molecule has 0 amide bonds. The van der Waals surface area contributed by atoms with E-state index in [0.29, 0.717) is 5.69 Å². The molecule has 96 valence electrons. The third-order valence-corrected chi connectivity index (χ3v) is 3.97. The van der Waals surface area contributed by atoms with Crippen LogP contribution in [0.25, 0.3) is 10.8 Å². The van der Waals surface area contributed by atoms with E-state index in [9.17, 15) is 4.79 Å². The van der Waals surface area contributed by atoms with Crippen molar-refractivity contribution in [3.05, 3.63) is 66.7 Å². The highest BCUT2D eigenvalue weighted by atomic mass is 32.2. The van der Waals surface area contributed by atoms with Gasteiger partial charge in [0.15, 0.2) is 0 Å². The fraction of sp³-hybridized carbons (Fsp3) is 0. The lowest BCUT2D eigenvalue weighted by atomic mass is 10.1. The molecule has 0 atom stereocenters. The van der Waals surface area contributed by atoms with Gasteiger partial charge in [-0.3, -0.25) is 0 Å². The summed E-state index contributed by atoms with van der Waals surface area (Å²) in [7, 11) is 0. The predicted octanol–water partition coefficient (Wildman–Crippen LogP) is 4.96. The van der Waals surface area contributed by atoms with Crippen molar-refractivity contribution in [1.29, 1.82) is 0 Å². The molecule has 0 bridgehead atoms. The number of fused-ring (bicyclic) bond motifs is 1. The van der Waals surface area contributed by atoms with E-state index in [4.69, 9.17) is 0 Å². The van der Waals surface area contributed by atoms with Gasteiger partial charge in [0.2, 0.25) is 6.08 Å². The molecule has 2 nitrogen and oxygen atoms in total. The van der Waals surface area contributed by atoms with Gasteiger partial charge in [0.05, 0.1) is 5.69 Å². The monoisotopic (exact) mass is 277 g/mol. The van der Waals surface area contributed by atoms with Crippen molar-refractivity contribution in [3.63, 3.8) is 0 Å². The molecule has 3 aromatic rings. The van der Waals surface area contributed by atoms with Crippen LogP contribution in [0, 0.1) is 0 Å². The molecule has 0 heterocycles. The van der Waals surface area contributed by atoms with Crippen LogP contribution >= 0.6 is 11.8 Å². The van der Waals surface area contributed by atoms with Crippen molar-refractivity contribution in [1.82, 2.24) is 0 Å². The first kappa shape index (κ1) is 12.7. The van der Waals surface area contributed by atoms with Gasteiger partial charge in [-0.25, -0.2) is 4.79 Å². The van der Waals surface area contributed by atoms with Gasteiger partial charge in [0, 0.05) is 9.79 Å². The largest absolute Gasteiger partial charge is 0.240 e. The zero-order chi connectivity index (χ0) is 13.8. The van der Waals surface area contributed by atoms with Crippen molar-refractivity contribution < 1.29 is 4.79 Å². The number of nitrogens with zero attached hydrogens (tertiary/aromatic N) is 1. The van der Waals surface area contributed by atoms with Gasteiger partial charge < -0.3 is 0 Å². The molecule has 0 aromatic heterocycles. The highest BCUT2D eigenvalue weighted by Crippen LogP contribution is 2.31. The summed E-state index contributed by atoms with van der Waals surface area (Å²) in [4.78, 5) is 16.1. The number of rotatable bonds is 3. The maximum atomic E-state index is 10.2. The van der Waals surface area contributed by atoms with Gasteiger partial charge in [0.1, 0.15) is 0 Å². The quantitative estimate of drug-likeness (QED) is 0.500. The fourth-order valence-electron chi connectivity index (χ4n) is 2.01. The Morgan fingerprint density at radius 1 is 0.800 bits per heavy atom. The lowest BCUT2D eigenvalue weighted by molar-refractivity contribution is 0.565. The number of isocyanates is 1. The third-order valence-electron chi connectivity index (χ3n) is 2.97. The van der Waals surface area contributed by atoms with E-state index in [-0.39, 0.29) is 0 Å². The maximum Gasteiger partial charge on any atom is 0.240 e. The summed E-state index contributed by atoms with van der Waals surface area (Å²) in [6.07, 6.45) is 1.54. The van der Waals surface area contributed by atoms with Crippen molar-refractivity contribution in [3.8, 4) is 0 Å². The minimum absolute atomic E-state index is 0.628. The Hall–Kier alpha value is -2.35. The highest BCUT2D eigenvalue weighted by Gasteiger charge is 1.99. The van der Waals surface area contributed by atoms with Crippen LogP contribution in [-0.2, 0) is 4.79 Å². The summed E-state index contributed by atoms with van der Waals surface area (Å²) in [5.41, 5.74) is 0.628. The maximum absolute atomic E-state index is 10.2. The Morgan fingerprint density at radius 3 is 2.25 bits per heavy atom. The van der Waals surface area contributed by atoms with Crippen LogP contribution in [0.5, 0.6) is 0 Å². The first-order chi connectivity index (χ1) is 9.85. The van der Waals surface area contributed by atoms with Gasteiger partial charge in [-0.15, -0.1) is 0 Å². The summed E-state index contributed by atoms with van der Waals surface area (Å²) in [6.45, 7) is 0. The lowest BCUT2D eigenvalue weighted by Crippen LogP contribution is -1.76. The van der Waals surface area contributed by atoms with Gasteiger partial charge in [-0.2, -0.15) is 4.99 Å². The van der Waals surface area contributed by atoms with E-state index in [1.54, 1.807) is 17.8 Å². The van der Waals surface area contributed by atoms with Crippen LogP contribution in [0.1, 0.15) is 0 Å². The fourth-order valence-corrected chi connectivity index (χ4v) is 2.87. The minimum Gasteiger partial charge on any atom is -0.211 e. The van der Waals surface area contributed by atoms with E-state index in [1.165, 1.54) is 15.7 Å². The second-order valence-corrected chi connectivity index (χ2v) is 5.45. The molecule has 0 aliphatic heterocycles. The molecule has 0 aliphatic rings. The van der Waals surface area contributed by atoms with Gasteiger partial charge in [-0.05, 0) is 47.2 Å². The van der Waals surface area contributed by atoms with Gasteiger partial charge >= 0.3 is 0 Å². The van der Waals surface area contributed by atoms with Crippen LogP contribution < -0.4 is 0 Å². The van der Waals surface area contributed by atoms with Crippen LogP contribution in [0.2, 0.25) is 0 Å². The molecule has 0 fully saturated rings.